The highest BCUT2D eigenvalue weighted by Crippen LogP contribution is 2.27. The second-order valence-electron chi connectivity index (χ2n) is 4.57. The molecule has 2 rings (SSSR count). The molecule has 2 aromatic heterocycles. The Morgan fingerprint density at radius 3 is 2.78 bits per heavy atom. The van der Waals surface area contributed by atoms with Crippen molar-refractivity contribution in [2.24, 2.45) is 12.8 Å². The monoisotopic (exact) mass is 262 g/mol. The Morgan fingerprint density at radius 2 is 2.22 bits per heavy atom. The lowest BCUT2D eigenvalue weighted by atomic mass is 10.1. The lowest BCUT2D eigenvalue weighted by molar-refractivity contribution is 0.732. The fourth-order valence-corrected chi connectivity index (χ4v) is 2.56. The van der Waals surface area contributed by atoms with Crippen LogP contribution in [0, 0.1) is 6.92 Å². The van der Waals surface area contributed by atoms with Crippen LogP contribution >= 0.6 is 11.8 Å². The van der Waals surface area contributed by atoms with E-state index in [1.165, 1.54) is 11.1 Å². The minimum atomic E-state index is 0.166. The van der Waals surface area contributed by atoms with Gasteiger partial charge >= 0.3 is 0 Å². The highest BCUT2D eigenvalue weighted by Gasteiger charge is 2.08. The van der Waals surface area contributed by atoms with Gasteiger partial charge in [-0.05, 0) is 43.2 Å². The van der Waals surface area contributed by atoms with Crippen molar-refractivity contribution in [3.8, 4) is 0 Å². The highest BCUT2D eigenvalue weighted by atomic mass is 32.2. The Balaban J connectivity index is 2.17. The smallest absolute Gasteiger partial charge is 0.174 e. The average Bonchev–Trinajstić information content (AvgIpc) is 2.67. The zero-order chi connectivity index (χ0) is 13.1. The van der Waals surface area contributed by atoms with E-state index in [2.05, 4.69) is 23.0 Å². The van der Waals surface area contributed by atoms with E-state index in [1.54, 1.807) is 18.0 Å². The molecular weight excluding hydrogens is 244 g/mol. The molecule has 0 spiro atoms. The Bertz CT molecular complexity index is 534. The lowest BCUT2D eigenvalue weighted by Crippen LogP contribution is -2.17. The third kappa shape index (κ3) is 3.11. The first-order valence-corrected chi connectivity index (χ1v) is 6.74. The zero-order valence-corrected chi connectivity index (χ0v) is 11.7. The van der Waals surface area contributed by atoms with Gasteiger partial charge in [-0.15, -0.1) is 0 Å². The third-order valence-electron chi connectivity index (χ3n) is 2.61. The third-order valence-corrected chi connectivity index (χ3v) is 3.81. The van der Waals surface area contributed by atoms with Crippen molar-refractivity contribution in [3.63, 3.8) is 0 Å². The quantitative estimate of drug-likeness (QED) is 0.917. The Hall–Kier alpha value is -1.33. The van der Waals surface area contributed by atoms with Crippen LogP contribution in [0.5, 0.6) is 0 Å². The van der Waals surface area contributed by atoms with Gasteiger partial charge in [0.05, 0.1) is 0 Å². The van der Waals surface area contributed by atoms with Gasteiger partial charge < -0.3 is 10.3 Å². The summed E-state index contributed by atoms with van der Waals surface area (Å²) in [4.78, 5) is 8.79. The van der Waals surface area contributed by atoms with Gasteiger partial charge in [0.25, 0.3) is 0 Å². The number of imidazole rings is 1. The van der Waals surface area contributed by atoms with Crippen molar-refractivity contribution in [2.45, 2.75) is 36.5 Å². The van der Waals surface area contributed by atoms with Crippen LogP contribution in [0.3, 0.4) is 0 Å². The van der Waals surface area contributed by atoms with E-state index < -0.39 is 0 Å². The van der Waals surface area contributed by atoms with Gasteiger partial charge in [0.2, 0.25) is 0 Å². The highest BCUT2D eigenvalue weighted by molar-refractivity contribution is 7.99. The second-order valence-corrected chi connectivity index (χ2v) is 5.53. The summed E-state index contributed by atoms with van der Waals surface area (Å²) in [5.74, 6) is 0. The normalized spacial score (nSPS) is 12.7. The molecule has 0 saturated heterocycles. The molecule has 0 aromatic carbocycles. The molecule has 0 fully saturated rings. The number of nitrogens with two attached hydrogens (primary N) is 1. The van der Waals surface area contributed by atoms with E-state index >= 15 is 0 Å². The van der Waals surface area contributed by atoms with Crippen LogP contribution in [0.25, 0.3) is 0 Å². The van der Waals surface area contributed by atoms with E-state index in [-0.39, 0.29) is 6.04 Å². The van der Waals surface area contributed by atoms with Crippen LogP contribution in [0.1, 0.15) is 18.1 Å². The molecule has 0 aliphatic carbocycles. The van der Waals surface area contributed by atoms with E-state index in [4.69, 9.17) is 5.73 Å². The lowest BCUT2D eigenvalue weighted by Gasteiger charge is -2.08. The van der Waals surface area contributed by atoms with E-state index in [0.717, 1.165) is 16.6 Å². The minimum absolute atomic E-state index is 0.166. The molecule has 4 nitrogen and oxygen atoms in total. The van der Waals surface area contributed by atoms with E-state index in [0.29, 0.717) is 0 Å². The van der Waals surface area contributed by atoms with Gasteiger partial charge in [-0.25, -0.2) is 9.97 Å². The molecule has 0 aliphatic rings. The number of hydrogen-bond acceptors (Lipinski definition) is 4. The molecule has 0 amide bonds. The van der Waals surface area contributed by atoms with Crippen LogP contribution in [0.2, 0.25) is 0 Å². The Morgan fingerprint density at radius 1 is 1.44 bits per heavy atom. The number of aryl methyl sites for hydroxylation is 2. The minimum Gasteiger partial charge on any atom is -0.329 e. The maximum atomic E-state index is 5.80. The maximum Gasteiger partial charge on any atom is 0.174 e. The second kappa shape index (κ2) is 5.54. The molecule has 0 saturated carbocycles. The predicted molar refractivity (Wildman–Crippen MR) is 73.7 cm³/mol. The summed E-state index contributed by atoms with van der Waals surface area (Å²) in [6.45, 7) is 4.08. The molecule has 0 bridgehead atoms. The van der Waals surface area contributed by atoms with Crippen LogP contribution < -0.4 is 5.73 Å². The summed E-state index contributed by atoms with van der Waals surface area (Å²) in [6.07, 6.45) is 6.49. The molecule has 0 radical (unpaired) electrons. The fourth-order valence-electron chi connectivity index (χ4n) is 1.75. The van der Waals surface area contributed by atoms with Crippen molar-refractivity contribution < 1.29 is 0 Å². The van der Waals surface area contributed by atoms with Crippen LogP contribution in [0.15, 0.2) is 34.8 Å². The van der Waals surface area contributed by atoms with Gasteiger partial charge in [0.15, 0.2) is 5.16 Å². The van der Waals surface area contributed by atoms with Crippen LogP contribution in [0.4, 0.5) is 0 Å². The summed E-state index contributed by atoms with van der Waals surface area (Å²) in [7, 11) is 1.98. The molecule has 2 aromatic rings. The first kappa shape index (κ1) is 13.1. The average molecular weight is 262 g/mol. The summed E-state index contributed by atoms with van der Waals surface area (Å²) in [5.41, 5.74) is 8.15. The van der Waals surface area contributed by atoms with Crippen molar-refractivity contribution in [2.75, 3.05) is 0 Å². The number of pyridine rings is 1. The maximum absolute atomic E-state index is 5.80. The van der Waals surface area contributed by atoms with Crippen LogP contribution in [-0.2, 0) is 13.5 Å². The van der Waals surface area contributed by atoms with Gasteiger partial charge in [0, 0.05) is 31.7 Å². The van der Waals surface area contributed by atoms with Crippen molar-refractivity contribution >= 4 is 11.8 Å². The topological polar surface area (TPSA) is 56.7 Å². The fraction of sp³-hybridized carbons (Fsp3) is 0.385. The van der Waals surface area contributed by atoms with Gasteiger partial charge in [-0.3, -0.25) is 0 Å². The van der Waals surface area contributed by atoms with Crippen molar-refractivity contribution in [1.82, 2.24) is 14.5 Å². The first-order chi connectivity index (χ1) is 8.56. The summed E-state index contributed by atoms with van der Waals surface area (Å²) in [6, 6.07) is 2.32. The number of hydrogen-bond donors (Lipinski definition) is 1. The molecule has 2 N–H and O–H groups in total. The SMILES string of the molecule is Cc1cc(CC(C)N)cnc1Sc1nccn1C. The number of rotatable bonds is 4. The molecule has 18 heavy (non-hydrogen) atoms. The standard InChI is InChI=1S/C13H18N4S/c1-9-6-11(7-10(2)14)8-16-12(9)18-13-15-4-5-17(13)3/h4-6,8,10H,7,14H2,1-3H3. The molecule has 1 atom stereocenters. The van der Waals surface area contributed by atoms with E-state index in [1.807, 2.05) is 30.9 Å². The van der Waals surface area contributed by atoms with Gasteiger partial charge in [-0.1, -0.05) is 6.07 Å². The molecule has 96 valence electrons. The van der Waals surface area contributed by atoms with E-state index in [9.17, 15) is 0 Å². The Labute approximate surface area is 112 Å². The molecular formula is C13H18N4S. The van der Waals surface area contributed by atoms with Gasteiger partial charge in [0.1, 0.15) is 5.03 Å². The number of aromatic nitrogens is 3. The molecule has 5 heteroatoms. The predicted octanol–water partition coefficient (Wildman–Crippen LogP) is 2.16. The van der Waals surface area contributed by atoms with Crippen molar-refractivity contribution in [3.05, 3.63) is 35.8 Å². The molecule has 1 unspecified atom stereocenters. The van der Waals surface area contributed by atoms with Crippen molar-refractivity contribution in [1.29, 1.82) is 0 Å². The zero-order valence-electron chi connectivity index (χ0n) is 10.9. The first-order valence-electron chi connectivity index (χ1n) is 5.92. The number of nitrogens with zero attached hydrogens (tertiary/aromatic N) is 3. The summed E-state index contributed by atoms with van der Waals surface area (Å²) in [5, 5.41) is 1.95. The summed E-state index contributed by atoms with van der Waals surface area (Å²) < 4.78 is 1.99. The summed E-state index contributed by atoms with van der Waals surface area (Å²) >= 11 is 1.58. The molecule has 2 heterocycles. The Kier molecular flexibility index (Phi) is 4.04. The van der Waals surface area contributed by atoms with Crippen LogP contribution in [-0.4, -0.2) is 20.6 Å². The largest absolute Gasteiger partial charge is 0.329 e. The molecule has 0 aliphatic heterocycles. The van der Waals surface area contributed by atoms with Gasteiger partial charge in [-0.2, -0.15) is 0 Å².